The first-order valence-electron chi connectivity index (χ1n) is 9.43. The van der Waals surface area contributed by atoms with E-state index in [0.29, 0.717) is 16.5 Å². The smallest absolute Gasteiger partial charge is 0.341 e. The van der Waals surface area contributed by atoms with Crippen molar-refractivity contribution in [2.45, 2.75) is 13.8 Å². The molecule has 2 amide bonds. The minimum atomic E-state index is -0.661. The summed E-state index contributed by atoms with van der Waals surface area (Å²) in [6.07, 6.45) is 1.52. The van der Waals surface area contributed by atoms with Crippen molar-refractivity contribution in [2.75, 3.05) is 25.6 Å². The summed E-state index contributed by atoms with van der Waals surface area (Å²) in [6, 6.07) is 7.21. The lowest BCUT2D eigenvalue weighted by Gasteiger charge is -2.08. The lowest BCUT2D eigenvalue weighted by molar-refractivity contribution is -0.119. The maximum Gasteiger partial charge on any atom is 0.341 e. The van der Waals surface area contributed by atoms with Gasteiger partial charge >= 0.3 is 11.9 Å². The molecule has 2 aromatic heterocycles. The van der Waals surface area contributed by atoms with E-state index in [9.17, 15) is 19.2 Å². The molecular formula is C21H21N3O6S. The molecule has 0 aliphatic carbocycles. The fourth-order valence-electron chi connectivity index (χ4n) is 2.99. The standard InChI is InChI=1S/C21H21N3O6S/c1-4-29-21(28)16-11(2)17(18(26)22-3)31-19(16)24-15(25)10-30-20(27)13-9-23-14-8-6-5-7-12(13)14/h5-9,23H,4,10H2,1-3H3,(H,22,26)(H,24,25). The predicted molar refractivity (Wildman–Crippen MR) is 116 cm³/mol. The van der Waals surface area contributed by atoms with E-state index in [-0.39, 0.29) is 28.0 Å². The molecule has 0 radical (unpaired) electrons. The molecule has 0 spiro atoms. The molecule has 0 aliphatic heterocycles. The van der Waals surface area contributed by atoms with Crippen LogP contribution in [0, 0.1) is 6.92 Å². The van der Waals surface area contributed by atoms with Crippen LogP contribution in [0.4, 0.5) is 5.00 Å². The quantitative estimate of drug-likeness (QED) is 0.482. The van der Waals surface area contributed by atoms with Crippen molar-refractivity contribution < 1.29 is 28.7 Å². The topological polar surface area (TPSA) is 127 Å². The number of nitrogens with one attached hydrogen (secondary N) is 3. The number of hydrogen-bond acceptors (Lipinski definition) is 7. The largest absolute Gasteiger partial charge is 0.462 e. The van der Waals surface area contributed by atoms with Crippen molar-refractivity contribution in [1.82, 2.24) is 10.3 Å². The Balaban J connectivity index is 1.74. The van der Waals surface area contributed by atoms with Crippen LogP contribution in [0.1, 0.15) is 42.9 Å². The van der Waals surface area contributed by atoms with E-state index in [1.807, 2.05) is 12.1 Å². The Morgan fingerprint density at radius 2 is 1.84 bits per heavy atom. The van der Waals surface area contributed by atoms with Crippen LogP contribution in [-0.4, -0.2) is 49.0 Å². The predicted octanol–water partition coefficient (Wildman–Crippen LogP) is 2.87. The molecule has 3 rings (SSSR count). The lowest BCUT2D eigenvalue weighted by Crippen LogP contribution is -2.21. The van der Waals surface area contributed by atoms with Gasteiger partial charge < -0.3 is 25.1 Å². The fraction of sp³-hybridized carbons (Fsp3) is 0.238. The number of benzene rings is 1. The zero-order valence-corrected chi connectivity index (χ0v) is 18.0. The molecule has 0 aliphatic rings. The first kappa shape index (κ1) is 22.0. The van der Waals surface area contributed by atoms with Gasteiger partial charge in [0.1, 0.15) is 5.00 Å². The number of carbonyl (C=O) groups excluding carboxylic acids is 4. The van der Waals surface area contributed by atoms with Crippen LogP contribution < -0.4 is 10.6 Å². The number of hydrogen-bond donors (Lipinski definition) is 3. The molecule has 31 heavy (non-hydrogen) atoms. The van der Waals surface area contributed by atoms with Gasteiger partial charge in [0.25, 0.3) is 11.8 Å². The van der Waals surface area contributed by atoms with Crippen LogP contribution in [0.5, 0.6) is 0 Å². The number of aromatic nitrogens is 1. The maximum absolute atomic E-state index is 12.4. The van der Waals surface area contributed by atoms with E-state index in [2.05, 4.69) is 15.6 Å². The zero-order chi connectivity index (χ0) is 22.5. The van der Waals surface area contributed by atoms with Gasteiger partial charge in [-0.2, -0.15) is 0 Å². The number of fused-ring (bicyclic) bond motifs is 1. The summed E-state index contributed by atoms with van der Waals surface area (Å²) >= 11 is 0.945. The number of anilines is 1. The molecule has 2 heterocycles. The van der Waals surface area contributed by atoms with Gasteiger partial charge in [-0.25, -0.2) is 9.59 Å². The number of aromatic amines is 1. The summed E-state index contributed by atoms with van der Waals surface area (Å²) in [7, 11) is 1.47. The number of H-pyrrole nitrogens is 1. The van der Waals surface area contributed by atoms with Crippen molar-refractivity contribution in [2.24, 2.45) is 0 Å². The third kappa shape index (κ3) is 4.58. The van der Waals surface area contributed by atoms with Gasteiger partial charge in [-0.1, -0.05) is 18.2 Å². The molecule has 0 unspecified atom stereocenters. The number of esters is 2. The average molecular weight is 443 g/mol. The van der Waals surface area contributed by atoms with Gasteiger partial charge in [-0.3, -0.25) is 9.59 Å². The van der Waals surface area contributed by atoms with Gasteiger partial charge in [-0.05, 0) is 25.5 Å². The van der Waals surface area contributed by atoms with E-state index >= 15 is 0 Å². The first-order chi connectivity index (χ1) is 14.9. The van der Waals surface area contributed by atoms with Crippen molar-refractivity contribution >= 4 is 51.0 Å². The van der Waals surface area contributed by atoms with Crippen LogP contribution in [0.3, 0.4) is 0 Å². The van der Waals surface area contributed by atoms with E-state index in [0.717, 1.165) is 16.9 Å². The summed E-state index contributed by atoms with van der Waals surface area (Å²) in [5.41, 5.74) is 1.58. The Morgan fingerprint density at radius 1 is 1.10 bits per heavy atom. The second-order valence-corrected chi connectivity index (χ2v) is 7.45. The molecule has 0 saturated heterocycles. The molecule has 0 saturated carbocycles. The van der Waals surface area contributed by atoms with Gasteiger partial charge in [0, 0.05) is 24.1 Å². The molecule has 3 aromatic rings. The second-order valence-electron chi connectivity index (χ2n) is 6.43. The molecule has 0 fully saturated rings. The minimum absolute atomic E-state index is 0.0988. The molecule has 10 heteroatoms. The summed E-state index contributed by atoms with van der Waals surface area (Å²) < 4.78 is 10.2. The van der Waals surface area contributed by atoms with E-state index in [1.165, 1.54) is 13.2 Å². The third-order valence-electron chi connectivity index (χ3n) is 4.46. The van der Waals surface area contributed by atoms with Crippen LogP contribution in [0.15, 0.2) is 30.5 Å². The Bertz CT molecular complexity index is 1160. The normalized spacial score (nSPS) is 10.5. The van der Waals surface area contributed by atoms with Crippen LogP contribution in [0.2, 0.25) is 0 Å². The van der Waals surface area contributed by atoms with Crippen LogP contribution in [-0.2, 0) is 14.3 Å². The highest BCUT2D eigenvalue weighted by molar-refractivity contribution is 7.18. The number of rotatable bonds is 7. The van der Waals surface area contributed by atoms with E-state index in [1.54, 1.807) is 26.0 Å². The maximum atomic E-state index is 12.4. The molecule has 0 atom stereocenters. The van der Waals surface area contributed by atoms with Gasteiger partial charge in [0.15, 0.2) is 6.61 Å². The number of carbonyl (C=O) groups is 4. The number of para-hydroxylation sites is 1. The van der Waals surface area contributed by atoms with Crippen molar-refractivity contribution in [3.05, 3.63) is 52.0 Å². The Morgan fingerprint density at radius 3 is 2.55 bits per heavy atom. The highest BCUT2D eigenvalue weighted by Gasteiger charge is 2.26. The molecule has 162 valence electrons. The second kappa shape index (κ2) is 9.43. The molecule has 1 aromatic carbocycles. The zero-order valence-electron chi connectivity index (χ0n) is 17.2. The third-order valence-corrected chi connectivity index (χ3v) is 5.66. The summed E-state index contributed by atoms with van der Waals surface area (Å²) in [5, 5.41) is 5.87. The Kier molecular flexibility index (Phi) is 6.71. The van der Waals surface area contributed by atoms with E-state index in [4.69, 9.17) is 9.47 Å². The number of ether oxygens (including phenoxy) is 2. The summed E-state index contributed by atoms with van der Waals surface area (Å²) in [4.78, 5) is 52.4. The number of thiophene rings is 1. The van der Waals surface area contributed by atoms with Gasteiger partial charge in [0.2, 0.25) is 0 Å². The highest BCUT2D eigenvalue weighted by Crippen LogP contribution is 2.33. The van der Waals surface area contributed by atoms with Crippen molar-refractivity contribution in [1.29, 1.82) is 0 Å². The van der Waals surface area contributed by atoms with Crippen LogP contribution >= 0.6 is 11.3 Å². The molecule has 3 N–H and O–H groups in total. The van der Waals surface area contributed by atoms with Gasteiger partial charge in [-0.15, -0.1) is 11.3 Å². The van der Waals surface area contributed by atoms with Crippen molar-refractivity contribution in [3.63, 3.8) is 0 Å². The number of amides is 2. The molecule has 0 bridgehead atoms. The fourth-order valence-corrected chi connectivity index (χ4v) is 4.15. The first-order valence-corrected chi connectivity index (χ1v) is 10.2. The molecule has 9 nitrogen and oxygen atoms in total. The van der Waals surface area contributed by atoms with Crippen LogP contribution in [0.25, 0.3) is 10.9 Å². The highest BCUT2D eigenvalue weighted by atomic mass is 32.1. The molecular weight excluding hydrogens is 422 g/mol. The SMILES string of the molecule is CCOC(=O)c1c(NC(=O)COC(=O)c2c[nH]c3ccccc23)sc(C(=O)NC)c1C. The summed E-state index contributed by atoms with van der Waals surface area (Å²) in [6.45, 7) is 2.83. The average Bonchev–Trinajstić information content (AvgIpc) is 3.33. The van der Waals surface area contributed by atoms with Crippen molar-refractivity contribution in [3.8, 4) is 0 Å². The van der Waals surface area contributed by atoms with Gasteiger partial charge in [0.05, 0.1) is 22.6 Å². The summed E-state index contributed by atoms with van der Waals surface area (Å²) in [5.74, 6) is -2.35. The lowest BCUT2D eigenvalue weighted by atomic mass is 10.1. The Hall–Kier alpha value is -3.66. The Labute approximate surface area is 181 Å². The van der Waals surface area contributed by atoms with E-state index < -0.39 is 24.5 Å². The monoisotopic (exact) mass is 443 g/mol. The minimum Gasteiger partial charge on any atom is -0.462 e.